The van der Waals surface area contributed by atoms with E-state index in [1.165, 1.54) is 5.56 Å². The Bertz CT molecular complexity index is 893. The SMILES string of the molecule is O=C(CCc1ccccc1)N(Cc1cccs1)c1ccc2c(c1)OCCO2. The van der Waals surface area contributed by atoms with Crippen LogP contribution in [0.4, 0.5) is 5.69 Å². The number of thiophene rings is 1. The molecular weight excluding hydrogens is 358 g/mol. The van der Waals surface area contributed by atoms with E-state index in [-0.39, 0.29) is 5.91 Å². The zero-order valence-corrected chi connectivity index (χ0v) is 15.8. The number of fused-ring (bicyclic) bond motifs is 1. The van der Waals surface area contributed by atoms with Crippen molar-refractivity contribution in [3.63, 3.8) is 0 Å². The summed E-state index contributed by atoms with van der Waals surface area (Å²) in [6, 6.07) is 19.9. The molecule has 0 radical (unpaired) electrons. The zero-order valence-electron chi connectivity index (χ0n) is 15.0. The summed E-state index contributed by atoms with van der Waals surface area (Å²) in [5.74, 6) is 1.53. The van der Waals surface area contributed by atoms with Gasteiger partial charge in [-0.15, -0.1) is 11.3 Å². The van der Waals surface area contributed by atoms with Crippen LogP contribution >= 0.6 is 11.3 Å². The second-order valence-electron chi connectivity index (χ2n) is 6.37. The van der Waals surface area contributed by atoms with Crippen LogP contribution in [0.1, 0.15) is 16.9 Å². The van der Waals surface area contributed by atoms with Crippen LogP contribution in [0.15, 0.2) is 66.0 Å². The number of amides is 1. The van der Waals surface area contributed by atoms with Crippen LogP contribution in [0.2, 0.25) is 0 Å². The molecule has 2 aromatic carbocycles. The van der Waals surface area contributed by atoms with Gasteiger partial charge in [0.25, 0.3) is 0 Å². The summed E-state index contributed by atoms with van der Waals surface area (Å²) < 4.78 is 11.3. The summed E-state index contributed by atoms with van der Waals surface area (Å²) in [7, 11) is 0. The predicted octanol–water partition coefficient (Wildman–Crippen LogP) is 4.69. The molecule has 0 spiro atoms. The first-order valence-corrected chi connectivity index (χ1v) is 9.94. The number of carbonyl (C=O) groups is 1. The number of carbonyl (C=O) groups excluding carboxylic acids is 1. The molecule has 0 saturated carbocycles. The summed E-state index contributed by atoms with van der Waals surface area (Å²) in [4.78, 5) is 16.1. The highest BCUT2D eigenvalue weighted by Crippen LogP contribution is 2.35. The maximum Gasteiger partial charge on any atom is 0.227 e. The van der Waals surface area contributed by atoms with Crippen molar-refractivity contribution in [2.75, 3.05) is 18.1 Å². The van der Waals surface area contributed by atoms with Crippen LogP contribution in [0.5, 0.6) is 11.5 Å². The standard InChI is InChI=1S/C22H21NO3S/c24-22(11-8-17-5-2-1-3-6-17)23(16-19-7-4-14-27-19)18-9-10-20-21(15-18)26-13-12-25-20/h1-7,9-10,14-15H,8,11-13,16H2. The molecule has 0 fully saturated rings. The van der Waals surface area contributed by atoms with Gasteiger partial charge < -0.3 is 14.4 Å². The molecular formula is C22H21NO3S. The van der Waals surface area contributed by atoms with Crippen LogP contribution in [-0.4, -0.2) is 19.1 Å². The van der Waals surface area contributed by atoms with Crippen molar-refractivity contribution >= 4 is 22.9 Å². The largest absolute Gasteiger partial charge is 0.486 e. The average molecular weight is 379 g/mol. The van der Waals surface area contributed by atoms with Crippen LogP contribution < -0.4 is 14.4 Å². The fourth-order valence-corrected chi connectivity index (χ4v) is 3.81. The Balaban J connectivity index is 1.55. The van der Waals surface area contributed by atoms with Gasteiger partial charge in [0.1, 0.15) is 13.2 Å². The Labute approximate surface area is 163 Å². The minimum atomic E-state index is 0.101. The Kier molecular flexibility index (Phi) is 5.39. The Morgan fingerprint density at radius 1 is 0.963 bits per heavy atom. The van der Waals surface area contributed by atoms with Crippen molar-refractivity contribution in [1.82, 2.24) is 0 Å². The van der Waals surface area contributed by atoms with Crippen LogP contribution in [0, 0.1) is 0 Å². The smallest absolute Gasteiger partial charge is 0.227 e. The third-order valence-electron chi connectivity index (χ3n) is 4.50. The third kappa shape index (κ3) is 4.31. The van der Waals surface area contributed by atoms with Crippen molar-refractivity contribution in [1.29, 1.82) is 0 Å². The second-order valence-corrected chi connectivity index (χ2v) is 7.41. The topological polar surface area (TPSA) is 38.8 Å². The van der Waals surface area contributed by atoms with Crippen LogP contribution in [0.25, 0.3) is 0 Å². The third-order valence-corrected chi connectivity index (χ3v) is 5.36. The van der Waals surface area contributed by atoms with E-state index in [4.69, 9.17) is 9.47 Å². The summed E-state index contributed by atoms with van der Waals surface area (Å²) in [5, 5.41) is 2.03. The molecule has 0 atom stereocenters. The first-order valence-electron chi connectivity index (χ1n) is 9.06. The zero-order chi connectivity index (χ0) is 18.5. The van der Waals surface area contributed by atoms with Crippen molar-refractivity contribution in [2.45, 2.75) is 19.4 Å². The van der Waals surface area contributed by atoms with Crippen molar-refractivity contribution in [2.24, 2.45) is 0 Å². The molecule has 27 heavy (non-hydrogen) atoms. The van der Waals surface area contributed by atoms with E-state index in [2.05, 4.69) is 18.2 Å². The molecule has 1 aromatic heterocycles. The van der Waals surface area contributed by atoms with Crippen molar-refractivity contribution < 1.29 is 14.3 Å². The quantitative estimate of drug-likeness (QED) is 0.624. The molecule has 2 heterocycles. The normalized spacial score (nSPS) is 12.6. The molecule has 1 aliphatic heterocycles. The monoisotopic (exact) mass is 379 g/mol. The maximum atomic E-state index is 13.1. The van der Waals surface area contributed by atoms with Gasteiger partial charge in [0.15, 0.2) is 11.5 Å². The predicted molar refractivity (Wildman–Crippen MR) is 108 cm³/mol. The van der Waals surface area contributed by atoms with Gasteiger partial charge in [0.2, 0.25) is 5.91 Å². The summed E-state index contributed by atoms with van der Waals surface area (Å²) in [5.41, 5.74) is 2.01. The number of ether oxygens (including phenoxy) is 2. The second kappa shape index (κ2) is 8.27. The van der Waals surface area contributed by atoms with Crippen molar-refractivity contribution in [3.05, 3.63) is 76.5 Å². The van der Waals surface area contributed by atoms with E-state index >= 15 is 0 Å². The molecule has 0 N–H and O–H groups in total. The number of benzene rings is 2. The van der Waals surface area contributed by atoms with Crippen LogP contribution in [0.3, 0.4) is 0 Å². The minimum Gasteiger partial charge on any atom is -0.486 e. The van der Waals surface area contributed by atoms with E-state index in [1.807, 2.05) is 52.7 Å². The molecule has 0 saturated heterocycles. The molecule has 0 aliphatic carbocycles. The Hall–Kier alpha value is -2.79. The lowest BCUT2D eigenvalue weighted by molar-refractivity contribution is -0.118. The molecule has 5 heteroatoms. The lowest BCUT2D eigenvalue weighted by Crippen LogP contribution is -2.30. The number of rotatable bonds is 6. The van der Waals surface area contributed by atoms with Gasteiger partial charge in [-0.25, -0.2) is 0 Å². The van der Waals surface area contributed by atoms with Gasteiger partial charge >= 0.3 is 0 Å². The van der Waals surface area contributed by atoms with Crippen molar-refractivity contribution in [3.8, 4) is 11.5 Å². The lowest BCUT2D eigenvalue weighted by Gasteiger charge is -2.25. The number of nitrogens with zero attached hydrogens (tertiary/aromatic N) is 1. The Morgan fingerprint density at radius 3 is 2.56 bits per heavy atom. The first-order chi connectivity index (χ1) is 13.3. The maximum absolute atomic E-state index is 13.1. The van der Waals surface area contributed by atoms with E-state index in [0.717, 1.165) is 22.7 Å². The van der Waals surface area contributed by atoms with E-state index < -0.39 is 0 Å². The molecule has 3 aromatic rings. The number of anilines is 1. The molecule has 1 aliphatic rings. The van der Waals surface area contributed by atoms with Gasteiger partial charge in [-0.05, 0) is 35.6 Å². The number of hydrogen-bond donors (Lipinski definition) is 0. The molecule has 0 unspecified atom stereocenters. The molecule has 4 nitrogen and oxygen atoms in total. The van der Waals surface area contributed by atoms with E-state index in [1.54, 1.807) is 11.3 Å². The van der Waals surface area contributed by atoms with Gasteiger partial charge in [-0.2, -0.15) is 0 Å². The fourth-order valence-electron chi connectivity index (χ4n) is 3.11. The molecule has 4 rings (SSSR count). The minimum absolute atomic E-state index is 0.101. The number of hydrogen-bond acceptors (Lipinski definition) is 4. The summed E-state index contributed by atoms with van der Waals surface area (Å²) in [6.45, 7) is 1.65. The summed E-state index contributed by atoms with van der Waals surface area (Å²) in [6.07, 6.45) is 1.19. The molecule has 0 bridgehead atoms. The highest BCUT2D eigenvalue weighted by Gasteiger charge is 2.20. The molecule has 138 valence electrons. The van der Waals surface area contributed by atoms with E-state index in [9.17, 15) is 4.79 Å². The molecule has 1 amide bonds. The summed E-state index contributed by atoms with van der Waals surface area (Å²) >= 11 is 1.66. The van der Waals surface area contributed by atoms with Gasteiger partial charge in [-0.1, -0.05) is 36.4 Å². The highest BCUT2D eigenvalue weighted by molar-refractivity contribution is 7.09. The fraction of sp³-hybridized carbons (Fsp3) is 0.227. The first kappa shape index (κ1) is 17.6. The number of aryl methyl sites for hydroxylation is 1. The van der Waals surface area contributed by atoms with Crippen LogP contribution in [-0.2, 0) is 17.8 Å². The van der Waals surface area contributed by atoms with Gasteiger partial charge in [-0.3, -0.25) is 4.79 Å². The Morgan fingerprint density at radius 2 is 1.78 bits per heavy atom. The highest BCUT2D eigenvalue weighted by atomic mass is 32.1. The van der Waals surface area contributed by atoms with Gasteiger partial charge in [0, 0.05) is 23.1 Å². The van der Waals surface area contributed by atoms with E-state index in [0.29, 0.717) is 31.9 Å². The average Bonchev–Trinajstić information content (AvgIpc) is 3.24. The van der Waals surface area contributed by atoms with Gasteiger partial charge in [0.05, 0.1) is 6.54 Å². The lowest BCUT2D eigenvalue weighted by atomic mass is 10.1.